The molecule has 0 amide bonds. The van der Waals surface area contributed by atoms with Crippen LogP contribution in [0.1, 0.15) is 29.6 Å². The monoisotopic (exact) mass is 354 g/mol. The highest BCUT2D eigenvalue weighted by Crippen LogP contribution is 2.15. The van der Waals surface area contributed by atoms with E-state index in [0.717, 1.165) is 48.3 Å². The number of benzene rings is 1. The maximum Gasteiger partial charge on any atom is 0.214 e. The van der Waals surface area contributed by atoms with Gasteiger partial charge >= 0.3 is 0 Å². The second-order valence-corrected chi connectivity index (χ2v) is 6.25. The fraction of sp³-hybridized carbons (Fsp3) is 0.421. The Morgan fingerprint density at radius 1 is 1.15 bits per heavy atom. The third-order valence-corrected chi connectivity index (χ3v) is 4.40. The third-order valence-electron chi connectivity index (χ3n) is 4.40. The van der Waals surface area contributed by atoms with Crippen molar-refractivity contribution in [2.24, 2.45) is 4.99 Å². The van der Waals surface area contributed by atoms with E-state index in [0.29, 0.717) is 12.4 Å². The van der Waals surface area contributed by atoms with Gasteiger partial charge in [0.15, 0.2) is 5.96 Å². The maximum atomic E-state index is 5.57. The Morgan fingerprint density at radius 3 is 2.69 bits per heavy atom. The van der Waals surface area contributed by atoms with Gasteiger partial charge in [-0.3, -0.25) is 4.99 Å². The summed E-state index contributed by atoms with van der Waals surface area (Å²) in [5, 5.41) is 6.55. The summed E-state index contributed by atoms with van der Waals surface area (Å²) in [7, 11) is 1.76. The Kier molecular flexibility index (Phi) is 5.55. The Balaban J connectivity index is 1.48. The number of nitrogens with zero attached hydrogens (tertiary/aromatic N) is 4. The van der Waals surface area contributed by atoms with Gasteiger partial charge in [-0.25, -0.2) is 9.97 Å². The highest BCUT2D eigenvalue weighted by molar-refractivity contribution is 5.79. The van der Waals surface area contributed by atoms with Crippen LogP contribution < -0.4 is 10.6 Å². The quantitative estimate of drug-likeness (QED) is 0.404. The molecule has 0 atom stereocenters. The van der Waals surface area contributed by atoms with Crippen LogP contribution in [-0.2, 0) is 13.1 Å². The second-order valence-electron chi connectivity index (χ2n) is 6.25. The number of hydrogen-bond donors (Lipinski definition) is 2. The van der Waals surface area contributed by atoms with Crippen LogP contribution in [0.4, 0.5) is 0 Å². The summed E-state index contributed by atoms with van der Waals surface area (Å²) in [5.41, 5.74) is 3.15. The molecular formula is C19H26N6O. The minimum Gasteiger partial charge on any atom is -0.444 e. The van der Waals surface area contributed by atoms with Gasteiger partial charge in [-0.2, -0.15) is 0 Å². The highest BCUT2D eigenvalue weighted by Gasteiger charge is 2.08. The Morgan fingerprint density at radius 2 is 1.96 bits per heavy atom. The van der Waals surface area contributed by atoms with Crippen LogP contribution in [0.15, 0.2) is 33.7 Å². The van der Waals surface area contributed by atoms with Gasteiger partial charge in [0.2, 0.25) is 5.89 Å². The first-order chi connectivity index (χ1) is 12.6. The van der Waals surface area contributed by atoms with Crippen LogP contribution in [-0.4, -0.2) is 34.1 Å². The predicted molar refractivity (Wildman–Crippen MR) is 103 cm³/mol. The number of aryl methyl sites for hydroxylation is 4. The molecule has 2 aromatic heterocycles. The lowest BCUT2D eigenvalue weighted by Gasteiger charge is -2.11. The molecule has 0 aliphatic carbocycles. The van der Waals surface area contributed by atoms with E-state index in [1.54, 1.807) is 7.05 Å². The molecule has 2 N–H and O–H groups in total. The van der Waals surface area contributed by atoms with Crippen molar-refractivity contribution in [2.75, 3.05) is 13.6 Å². The molecule has 0 aliphatic heterocycles. The van der Waals surface area contributed by atoms with Crippen LogP contribution in [0.5, 0.6) is 0 Å². The number of imidazole rings is 1. The number of para-hydroxylation sites is 2. The molecule has 0 aliphatic rings. The maximum absolute atomic E-state index is 5.57. The molecule has 0 radical (unpaired) electrons. The average molecular weight is 354 g/mol. The average Bonchev–Trinajstić information content (AvgIpc) is 3.13. The molecule has 0 saturated heterocycles. The van der Waals surface area contributed by atoms with Crippen molar-refractivity contribution in [3.63, 3.8) is 0 Å². The number of nitrogens with one attached hydrogen (secondary N) is 2. The Labute approximate surface area is 153 Å². The van der Waals surface area contributed by atoms with Crippen molar-refractivity contribution in [1.29, 1.82) is 0 Å². The van der Waals surface area contributed by atoms with E-state index in [-0.39, 0.29) is 0 Å². The van der Waals surface area contributed by atoms with Gasteiger partial charge in [0.05, 0.1) is 23.3 Å². The van der Waals surface area contributed by atoms with Gasteiger partial charge < -0.3 is 19.6 Å². The second kappa shape index (κ2) is 8.03. The van der Waals surface area contributed by atoms with Crippen LogP contribution >= 0.6 is 0 Å². The van der Waals surface area contributed by atoms with E-state index < -0.39 is 0 Å². The van der Waals surface area contributed by atoms with E-state index in [4.69, 9.17) is 4.42 Å². The number of hydrogen-bond acceptors (Lipinski definition) is 4. The minimum atomic E-state index is 0.514. The first-order valence-electron chi connectivity index (χ1n) is 8.87. The Hall–Kier alpha value is -2.83. The number of oxazole rings is 1. The highest BCUT2D eigenvalue weighted by atomic mass is 16.4. The van der Waals surface area contributed by atoms with Gasteiger partial charge in [0.1, 0.15) is 11.6 Å². The number of guanidine groups is 1. The van der Waals surface area contributed by atoms with Gasteiger partial charge in [-0.15, -0.1) is 0 Å². The van der Waals surface area contributed by atoms with E-state index in [2.05, 4.69) is 48.4 Å². The summed E-state index contributed by atoms with van der Waals surface area (Å²) >= 11 is 0. The van der Waals surface area contributed by atoms with E-state index in [1.807, 2.05) is 26.8 Å². The number of fused-ring (bicyclic) bond motifs is 1. The van der Waals surface area contributed by atoms with Gasteiger partial charge in [-0.1, -0.05) is 12.1 Å². The first kappa shape index (κ1) is 18.0. The van der Waals surface area contributed by atoms with Crippen LogP contribution in [0, 0.1) is 20.8 Å². The molecule has 0 saturated carbocycles. The number of aliphatic imine (C=N–C) groups is 1. The smallest absolute Gasteiger partial charge is 0.214 e. The van der Waals surface area contributed by atoms with Crippen LogP contribution in [0.25, 0.3) is 11.0 Å². The molecule has 26 heavy (non-hydrogen) atoms. The first-order valence-corrected chi connectivity index (χ1v) is 8.87. The summed E-state index contributed by atoms with van der Waals surface area (Å²) in [5.74, 6) is 3.31. The SMILES string of the molecule is CN=C(NCCCn1c(C)nc2ccccc21)NCc1nc(C)c(C)o1. The van der Waals surface area contributed by atoms with Crippen molar-refractivity contribution in [1.82, 2.24) is 25.2 Å². The molecule has 138 valence electrons. The number of rotatable bonds is 6. The van der Waals surface area contributed by atoms with E-state index in [9.17, 15) is 0 Å². The zero-order valence-electron chi connectivity index (χ0n) is 15.8. The molecule has 0 fully saturated rings. The van der Waals surface area contributed by atoms with Crippen molar-refractivity contribution < 1.29 is 4.42 Å². The topological polar surface area (TPSA) is 80.3 Å². The lowest BCUT2D eigenvalue weighted by molar-refractivity contribution is 0.463. The van der Waals surface area contributed by atoms with E-state index >= 15 is 0 Å². The number of aromatic nitrogens is 3. The summed E-state index contributed by atoms with van der Waals surface area (Å²) < 4.78 is 7.83. The van der Waals surface area contributed by atoms with Crippen molar-refractivity contribution in [3.8, 4) is 0 Å². The lowest BCUT2D eigenvalue weighted by Crippen LogP contribution is -2.37. The molecule has 1 aromatic carbocycles. The Bertz CT molecular complexity index is 889. The zero-order valence-corrected chi connectivity index (χ0v) is 15.8. The zero-order chi connectivity index (χ0) is 18.5. The molecule has 3 aromatic rings. The fourth-order valence-corrected chi connectivity index (χ4v) is 2.92. The van der Waals surface area contributed by atoms with Gasteiger partial charge in [0.25, 0.3) is 0 Å². The van der Waals surface area contributed by atoms with Gasteiger partial charge in [0, 0.05) is 20.1 Å². The normalized spacial score (nSPS) is 11.9. The molecule has 2 heterocycles. The molecule has 7 nitrogen and oxygen atoms in total. The molecule has 0 unspecified atom stereocenters. The fourth-order valence-electron chi connectivity index (χ4n) is 2.92. The van der Waals surface area contributed by atoms with Crippen molar-refractivity contribution >= 4 is 17.0 Å². The van der Waals surface area contributed by atoms with Gasteiger partial charge in [-0.05, 0) is 39.3 Å². The largest absolute Gasteiger partial charge is 0.444 e. The molecular weight excluding hydrogens is 328 g/mol. The summed E-state index contributed by atoms with van der Waals surface area (Å²) in [6.45, 7) is 8.15. The molecule has 7 heteroatoms. The standard InChI is InChI=1S/C19H26N6O/c1-13-14(2)26-18(23-13)12-22-19(20-4)21-10-7-11-25-15(3)24-16-8-5-6-9-17(16)25/h5-6,8-9H,7,10-12H2,1-4H3,(H2,20,21,22). The predicted octanol–water partition coefficient (Wildman–Crippen LogP) is 2.70. The summed E-state index contributed by atoms with van der Waals surface area (Å²) in [6.07, 6.45) is 0.971. The third kappa shape index (κ3) is 4.04. The van der Waals surface area contributed by atoms with Crippen molar-refractivity contribution in [3.05, 3.63) is 47.4 Å². The van der Waals surface area contributed by atoms with Crippen LogP contribution in [0.2, 0.25) is 0 Å². The molecule has 0 bridgehead atoms. The summed E-state index contributed by atoms with van der Waals surface area (Å²) in [6, 6.07) is 8.24. The lowest BCUT2D eigenvalue weighted by atomic mass is 10.3. The van der Waals surface area contributed by atoms with E-state index in [1.165, 1.54) is 5.52 Å². The minimum absolute atomic E-state index is 0.514. The molecule has 3 rings (SSSR count). The summed E-state index contributed by atoms with van der Waals surface area (Å²) in [4.78, 5) is 13.2. The molecule has 0 spiro atoms. The van der Waals surface area contributed by atoms with Crippen LogP contribution in [0.3, 0.4) is 0 Å². The van der Waals surface area contributed by atoms with Crippen molar-refractivity contribution in [2.45, 2.75) is 40.3 Å².